The number of carbonyl (C=O) groups excluding carboxylic acids is 3. The molecule has 2 aliphatic rings. The van der Waals surface area contributed by atoms with Crippen molar-refractivity contribution in [2.45, 2.75) is 23.9 Å². The predicted octanol–water partition coefficient (Wildman–Crippen LogP) is 5.72. The van der Waals surface area contributed by atoms with Crippen molar-refractivity contribution >= 4 is 17.3 Å². The molecule has 1 N–H and O–H groups in total. The number of benzene rings is 4. The third kappa shape index (κ3) is 3.08. The second-order valence-corrected chi connectivity index (χ2v) is 9.58. The lowest BCUT2D eigenvalue weighted by molar-refractivity contribution is 0.0387. The number of hydrogen-bond donors (Lipinski definition) is 1. The highest BCUT2D eigenvalue weighted by Gasteiger charge is 2.66. The van der Waals surface area contributed by atoms with Gasteiger partial charge in [0.05, 0.1) is 11.5 Å². The lowest BCUT2D eigenvalue weighted by Crippen LogP contribution is -2.46. The molecular formula is C32H24O4. The van der Waals surface area contributed by atoms with E-state index in [1.54, 1.807) is 60.7 Å². The molecule has 0 aliphatic heterocycles. The summed E-state index contributed by atoms with van der Waals surface area (Å²) >= 11 is 0. The summed E-state index contributed by atoms with van der Waals surface area (Å²) in [6.07, 6.45) is -1.14. The molecule has 0 saturated heterocycles. The fourth-order valence-corrected chi connectivity index (χ4v) is 6.32. The Morgan fingerprint density at radius 2 is 1.25 bits per heavy atom. The van der Waals surface area contributed by atoms with Crippen LogP contribution < -0.4 is 0 Å². The van der Waals surface area contributed by atoms with Gasteiger partial charge in [0.15, 0.2) is 17.3 Å². The van der Waals surface area contributed by atoms with Crippen LogP contribution in [0.5, 0.6) is 0 Å². The van der Waals surface area contributed by atoms with E-state index >= 15 is 0 Å². The normalized spacial score (nSPS) is 23.9. The van der Waals surface area contributed by atoms with Crippen molar-refractivity contribution in [1.29, 1.82) is 0 Å². The molecule has 0 heterocycles. The molecular weight excluding hydrogens is 448 g/mol. The van der Waals surface area contributed by atoms with E-state index < -0.39 is 23.4 Å². The van der Waals surface area contributed by atoms with Gasteiger partial charge >= 0.3 is 0 Å². The summed E-state index contributed by atoms with van der Waals surface area (Å²) < 4.78 is 0. The average Bonchev–Trinajstić information content (AvgIpc) is 3.35. The van der Waals surface area contributed by atoms with Gasteiger partial charge in [-0.2, -0.15) is 0 Å². The molecule has 0 fully saturated rings. The molecule has 2 aliphatic carbocycles. The molecule has 4 atom stereocenters. The van der Waals surface area contributed by atoms with E-state index in [0.717, 1.165) is 5.56 Å². The number of hydrogen-bond acceptors (Lipinski definition) is 4. The summed E-state index contributed by atoms with van der Waals surface area (Å²) in [6.45, 7) is 0. The molecule has 1 spiro atoms. The van der Waals surface area contributed by atoms with Crippen molar-refractivity contribution in [3.63, 3.8) is 0 Å². The highest BCUT2D eigenvalue weighted by Crippen LogP contribution is 2.62. The van der Waals surface area contributed by atoms with E-state index in [1.807, 2.05) is 48.5 Å². The lowest BCUT2D eigenvalue weighted by atomic mass is 9.65. The van der Waals surface area contributed by atoms with Gasteiger partial charge in [-0.1, -0.05) is 109 Å². The third-order valence-electron chi connectivity index (χ3n) is 7.85. The minimum absolute atomic E-state index is 0.0579. The molecule has 0 amide bonds. The molecule has 0 aromatic heterocycles. The van der Waals surface area contributed by atoms with Crippen LogP contribution in [-0.4, -0.2) is 22.5 Å². The number of aliphatic hydroxyl groups is 1. The van der Waals surface area contributed by atoms with E-state index in [-0.39, 0.29) is 23.8 Å². The number of rotatable bonds is 5. The van der Waals surface area contributed by atoms with Crippen LogP contribution in [0.25, 0.3) is 0 Å². The zero-order valence-electron chi connectivity index (χ0n) is 19.5. The first-order valence-corrected chi connectivity index (χ1v) is 12.1. The van der Waals surface area contributed by atoms with Gasteiger partial charge in [0.1, 0.15) is 0 Å². The van der Waals surface area contributed by atoms with Crippen LogP contribution in [0, 0.1) is 5.92 Å². The fraction of sp³-hybridized carbons (Fsp3) is 0.156. The van der Waals surface area contributed by atoms with Gasteiger partial charge in [0.25, 0.3) is 0 Å². The lowest BCUT2D eigenvalue weighted by Gasteiger charge is -2.35. The maximum Gasteiger partial charge on any atom is 0.177 e. The van der Waals surface area contributed by atoms with Gasteiger partial charge in [-0.15, -0.1) is 0 Å². The zero-order chi connectivity index (χ0) is 24.9. The van der Waals surface area contributed by atoms with Gasteiger partial charge in [0.2, 0.25) is 0 Å². The second-order valence-electron chi connectivity index (χ2n) is 9.58. The molecule has 6 rings (SSSR count). The summed E-state index contributed by atoms with van der Waals surface area (Å²) in [5, 5.41) is 11.8. The highest BCUT2D eigenvalue weighted by atomic mass is 16.3. The Kier molecular flexibility index (Phi) is 5.27. The Morgan fingerprint density at radius 3 is 1.92 bits per heavy atom. The first-order chi connectivity index (χ1) is 17.5. The van der Waals surface area contributed by atoms with Crippen molar-refractivity contribution in [2.24, 2.45) is 5.92 Å². The van der Waals surface area contributed by atoms with E-state index in [2.05, 4.69) is 0 Å². The molecule has 0 radical (unpaired) electrons. The minimum Gasteiger partial charge on any atom is -0.387 e. The summed E-state index contributed by atoms with van der Waals surface area (Å²) in [5.74, 6) is -2.09. The fourth-order valence-electron chi connectivity index (χ4n) is 6.32. The smallest absolute Gasteiger partial charge is 0.177 e. The average molecular weight is 473 g/mol. The first-order valence-electron chi connectivity index (χ1n) is 12.1. The quantitative estimate of drug-likeness (QED) is 0.377. The molecule has 0 unspecified atom stereocenters. The Balaban J connectivity index is 1.57. The van der Waals surface area contributed by atoms with Crippen LogP contribution in [0.4, 0.5) is 0 Å². The minimum atomic E-state index is -1.49. The number of fused-ring (bicyclic) bond motifs is 3. The largest absolute Gasteiger partial charge is 0.387 e. The highest BCUT2D eigenvalue weighted by molar-refractivity contribution is 6.15. The number of Topliss-reactive ketones (excluding diaryl/α,β-unsaturated/α-hetero) is 3. The SMILES string of the molecule is O=C(C[C@@H]1c2ccccc2[C@]2(C(=O)c3ccccc3[C@@H]2O)[C@H]1C(=O)c1ccccc1)c1ccccc1. The summed E-state index contributed by atoms with van der Waals surface area (Å²) in [4.78, 5) is 42.0. The maximum absolute atomic E-state index is 14.3. The molecule has 4 nitrogen and oxygen atoms in total. The molecule has 4 aromatic rings. The van der Waals surface area contributed by atoms with Crippen LogP contribution >= 0.6 is 0 Å². The van der Waals surface area contributed by atoms with Crippen molar-refractivity contribution in [1.82, 2.24) is 0 Å². The predicted molar refractivity (Wildman–Crippen MR) is 136 cm³/mol. The molecule has 4 aromatic carbocycles. The second kappa shape index (κ2) is 8.51. The topological polar surface area (TPSA) is 71.4 Å². The van der Waals surface area contributed by atoms with Crippen molar-refractivity contribution in [3.8, 4) is 0 Å². The number of ketones is 3. The van der Waals surface area contributed by atoms with Gasteiger partial charge in [0, 0.05) is 34.9 Å². The van der Waals surface area contributed by atoms with Gasteiger partial charge < -0.3 is 5.11 Å². The van der Waals surface area contributed by atoms with Crippen LogP contribution in [-0.2, 0) is 5.41 Å². The van der Waals surface area contributed by atoms with Crippen molar-refractivity contribution in [3.05, 3.63) is 143 Å². The summed E-state index contributed by atoms with van der Waals surface area (Å²) in [5.41, 5.74) is 1.90. The maximum atomic E-state index is 14.3. The van der Waals surface area contributed by atoms with Crippen molar-refractivity contribution < 1.29 is 19.5 Å². The van der Waals surface area contributed by atoms with Gasteiger partial charge in [-0.25, -0.2) is 0 Å². The Hall–Kier alpha value is -4.15. The van der Waals surface area contributed by atoms with Gasteiger partial charge in [-0.3, -0.25) is 14.4 Å². The van der Waals surface area contributed by atoms with E-state index in [1.165, 1.54) is 0 Å². The molecule has 4 heteroatoms. The third-order valence-corrected chi connectivity index (χ3v) is 7.85. The Bertz CT molecular complexity index is 1490. The standard InChI is InChI=1S/C32H24O4/c33-27(20-11-3-1-4-12-20)19-25-22-15-9-10-18-26(22)32(28(25)29(34)21-13-5-2-6-14-21)30(35)23-16-7-8-17-24(23)31(32)36/h1-18,25,28,30,35H,19H2/t25-,28-,30+,32+/m1/s1. The molecule has 0 bridgehead atoms. The van der Waals surface area contributed by atoms with Crippen LogP contribution in [0.1, 0.15) is 66.2 Å². The Labute approximate surface area is 209 Å². The van der Waals surface area contributed by atoms with E-state index in [0.29, 0.717) is 27.8 Å². The van der Waals surface area contributed by atoms with Crippen LogP contribution in [0.3, 0.4) is 0 Å². The van der Waals surface area contributed by atoms with E-state index in [4.69, 9.17) is 0 Å². The van der Waals surface area contributed by atoms with Crippen LogP contribution in [0.15, 0.2) is 109 Å². The summed E-state index contributed by atoms with van der Waals surface area (Å²) in [6, 6.07) is 32.3. The van der Waals surface area contributed by atoms with Gasteiger partial charge in [-0.05, 0) is 16.7 Å². The molecule has 176 valence electrons. The van der Waals surface area contributed by atoms with Crippen molar-refractivity contribution in [2.75, 3.05) is 0 Å². The van der Waals surface area contributed by atoms with E-state index in [9.17, 15) is 19.5 Å². The molecule has 36 heavy (non-hydrogen) atoms. The Morgan fingerprint density at radius 1 is 0.694 bits per heavy atom. The van der Waals surface area contributed by atoms with Crippen LogP contribution in [0.2, 0.25) is 0 Å². The first kappa shape index (κ1) is 22.3. The summed E-state index contributed by atoms with van der Waals surface area (Å²) in [7, 11) is 0. The zero-order valence-corrected chi connectivity index (χ0v) is 19.5. The number of carbonyl (C=O) groups is 3. The number of aliphatic hydroxyl groups excluding tert-OH is 1. The molecule has 0 saturated carbocycles. The monoisotopic (exact) mass is 472 g/mol.